The van der Waals surface area contributed by atoms with Gasteiger partial charge in [-0.2, -0.15) is 0 Å². The Kier molecular flexibility index (Phi) is 3.91. The number of rotatable bonds is 4. The second-order valence-electron chi connectivity index (χ2n) is 3.32. The lowest BCUT2D eigenvalue weighted by Gasteiger charge is -2.07. The molecule has 0 radical (unpaired) electrons. The van der Waals surface area contributed by atoms with Crippen LogP contribution in [0.15, 0.2) is 12.4 Å². The summed E-state index contributed by atoms with van der Waals surface area (Å²) in [6, 6.07) is 0.340. The van der Waals surface area contributed by atoms with Crippen molar-refractivity contribution in [1.82, 2.24) is 15.3 Å². The van der Waals surface area contributed by atoms with E-state index in [4.69, 9.17) is 11.6 Å². The zero-order valence-corrected chi connectivity index (χ0v) is 11.4. The van der Waals surface area contributed by atoms with Gasteiger partial charge in [-0.3, -0.25) is 0 Å². The van der Waals surface area contributed by atoms with Gasteiger partial charge in [0, 0.05) is 17.1 Å². The molecule has 2 aromatic heterocycles. The maximum atomic E-state index is 5.85. The number of hydrogen-bond acceptors (Lipinski definition) is 5. The highest BCUT2D eigenvalue weighted by Crippen LogP contribution is 2.32. The average Bonchev–Trinajstić information content (AvgIpc) is 2.85. The van der Waals surface area contributed by atoms with Crippen LogP contribution < -0.4 is 5.32 Å². The van der Waals surface area contributed by atoms with E-state index in [2.05, 4.69) is 29.1 Å². The van der Waals surface area contributed by atoms with Crippen LogP contribution in [0.2, 0.25) is 4.34 Å². The summed E-state index contributed by atoms with van der Waals surface area (Å²) in [7, 11) is 0. The number of halogens is 1. The Labute approximate surface area is 108 Å². The molecule has 0 bridgehead atoms. The third-order valence-corrected chi connectivity index (χ3v) is 4.56. The van der Waals surface area contributed by atoms with Gasteiger partial charge >= 0.3 is 0 Å². The van der Waals surface area contributed by atoms with E-state index in [9.17, 15) is 0 Å². The molecule has 0 aliphatic carbocycles. The predicted molar refractivity (Wildman–Crippen MR) is 70.3 cm³/mol. The van der Waals surface area contributed by atoms with Crippen LogP contribution in [-0.4, -0.2) is 16.5 Å². The van der Waals surface area contributed by atoms with Crippen molar-refractivity contribution in [3.05, 3.63) is 21.6 Å². The molecule has 0 spiro atoms. The van der Waals surface area contributed by atoms with Gasteiger partial charge in [-0.05, 0) is 13.5 Å². The van der Waals surface area contributed by atoms with Crippen molar-refractivity contribution < 1.29 is 0 Å². The van der Waals surface area contributed by atoms with Gasteiger partial charge in [0.05, 0.1) is 6.20 Å². The number of nitrogens with one attached hydrogen (secondary N) is 1. The van der Waals surface area contributed by atoms with E-state index in [-0.39, 0.29) is 0 Å². The van der Waals surface area contributed by atoms with Gasteiger partial charge in [-0.15, -0.1) is 11.3 Å². The topological polar surface area (TPSA) is 37.8 Å². The molecule has 2 aromatic rings. The Morgan fingerprint density at radius 2 is 2.00 bits per heavy atom. The minimum Gasteiger partial charge on any atom is -0.310 e. The largest absolute Gasteiger partial charge is 0.310 e. The van der Waals surface area contributed by atoms with Crippen LogP contribution >= 0.6 is 34.3 Å². The Morgan fingerprint density at radius 1 is 1.31 bits per heavy atom. The molecule has 0 aliphatic heterocycles. The molecule has 0 fully saturated rings. The highest BCUT2D eigenvalue weighted by atomic mass is 35.5. The summed E-state index contributed by atoms with van der Waals surface area (Å²) in [5, 5.41) is 5.19. The van der Waals surface area contributed by atoms with E-state index >= 15 is 0 Å². The van der Waals surface area contributed by atoms with Crippen molar-refractivity contribution in [2.24, 2.45) is 0 Å². The van der Waals surface area contributed by atoms with E-state index < -0.39 is 0 Å². The molecule has 2 heterocycles. The molecule has 0 saturated carbocycles. The van der Waals surface area contributed by atoms with Crippen LogP contribution in [0.4, 0.5) is 0 Å². The lowest BCUT2D eigenvalue weighted by Crippen LogP contribution is -2.16. The summed E-state index contributed by atoms with van der Waals surface area (Å²) in [6.07, 6.45) is 3.57. The summed E-state index contributed by atoms with van der Waals surface area (Å²) in [5.41, 5.74) is 0. The van der Waals surface area contributed by atoms with Crippen LogP contribution in [0.25, 0.3) is 10.0 Å². The fourth-order valence-electron chi connectivity index (χ4n) is 1.35. The monoisotopic (exact) mass is 273 g/mol. The van der Waals surface area contributed by atoms with Crippen molar-refractivity contribution >= 4 is 34.3 Å². The van der Waals surface area contributed by atoms with Gasteiger partial charge in [-0.1, -0.05) is 29.9 Å². The molecule has 16 heavy (non-hydrogen) atoms. The molecule has 2 rings (SSSR count). The summed E-state index contributed by atoms with van der Waals surface area (Å²) in [5.74, 6) is 0. The van der Waals surface area contributed by atoms with Gasteiger partial charge in [0.1, 0.15) is 4.34 Å². The first-order valence-corrected chi connectivity index (χ1v) is 7.02. The normalized spacial score (nSPS) is 12.9. The lowest BCUT2D eigenvalue weighted by atomic mass is 10.3. The van der Waals surface area contributed by atoms with Gasteiger partial charge in [-0.25, -0.2) is 9.97 Å². The second kappa shape index (κ2) is 5.23. The zero-order chi connectivity index (χ0) is 11.5. The SMILES string of the molecule is CCNC(C)c1cnc(-c2ncc(Cl)s2)s1. The first-order valence-electron chi connectivity index (χ1n) is 5.01. The molecule has 0 aliphatic rings. The molecule has 1 unspecified atom stereocenters. The predicted octanol–water partition coefficient (Wildman–Crippen LogP) is 3.59. The molecule has 86 valence electrons. The highest BCUT2D eigenvalue weighted by molar-refractivity contribution is 7.23. The van der Waals surface area contributed by atoms with Crippen molar-refractivity contribution in [1.29, 1.82) is 0 Å². The van der Waals surface area contributed by atoms with Crippen LogP contribution in [0.5, 0.6) is 0 Å². The smallest absolute Gasteiger partial charge is 0.153 e. The molecule has 3 nitrogen and oxygen atoms in total. The Morgan fingerprint density at radius 3 is 2.62 bits per heavy atom. The standard InChI is InChI=1S/C10H12ClN3S2/c1-3-12-6(2)7-4-13-9(15-7)10-14-5-8(11)16-10/h4-6,12H,3H2,1-2H3. The average molecular weight is 274 g/mol. The summed E-state index contributed by atoms with van der Waals surface area (Å²) < 4.78 is 0.700. The first kappa shape index (κ1) is 12.0. The van der Waals surface area contributed by atoms with Crippen LogP contribution in [0.1, 0.15) is 24.8 Å². The van der Waals surface area contributed by atoms with Crippen LogP contribution in [0, 0.1) is 0 Å². The minimum absolute atomic E-state index is 0.340. The molecule has 0 amide bonds. The third-order valence-electron chi connectivity index (χ3n) is 2.12. The molecule has 0 saturated heterocycles. The summed E-state index contributed by atoms with van der Waals surface area (Å²) in [4.78, 5) is 9.81. The second-order valence-corrected chi connectivity index (χ2v) is 6.04. The van der Waals surface area contributed by atoms with E-state index in [1.165, 1.54) is 16.2 Å². The maximum absolute atomic E-state index is 5.85. The van der Waals surface area contributed by atoms with Crippen molar-refractivity contribution in [2.45, 2.75) is 19.9 Å². The fraction of sp³-hybridized carbons (Fsp3) is 0.400. The molecular weight excluding hydrogens is 262 g/mol. The van der Waals surface area contributed by atoms with Gasteiger partial charge in [0.25, 0.3) is 0 Å². The number of thiazole rings is 2. The Hall–Kier alpha value is -0.490. The van der Waals surface area contributed by atoms with Crippen molar-refractivity contribution in [3.8, 4) is 10.0 Å². The fourth-order valence-corrected chi connectivity index (χ4v) is 3.23. The number of nitrogens with zero attached hydrogens (tertiary/aromatic N) is 2. The van der Waals surface area contributed by atoms with E-state index in [1.807, 2.05) is 6.20 Å². The summed E-state index contributed by atoms with van der Waals surface area (Å²) >= 11 is 8.97. The molecular formula is C10H12ClN3S2. The highest BCUT2D eigenvalue weighted by Gasteiger charge is 2.12. The third kappa shape index (κ3) is 2.60. The van der Waals surface area contributed by atoms with Crippen molar-refractivity contribution in [2.75, 3.05) is 6.54 Å². The first-order chi connectivity index (χ1) is 7.70. The minimum atomic E-state index is 0.340. The zero-order valence-electron chi connectivity index (χ0n) is 9.03. The molecule has 1 N–H and O–H groups in total. The Bertz CT molecular complexity index is 466. The van der Waals surface area contributed by atoms with Gasteiger partial charge in [0.15, 0.2) is 10.0 Å². The van der Waals surface area contributed by atoms with Crippen LogP contribution in [0.3, 0.4) is 0 Å². The lowest BCUT2D eigenvalue weighted by molar-refractivity contribution is 0.606. The maximum Gasteiger partial charge on any atom is 0.153 e. The van der Waals surface area contributed by atoms with Crippen molar-refractivity contribution in [3.63, 3.8) is 0 Å². The van der Waals surface area contributed by atoms with E-state index in [0.717, 1.165) is 16.6 Å². The molecule has 0 aromatic carbocycles. The van der Waals surface area contributed by atoms with E-state index in [1.54, 1.807) is 17.5 Å². The number of hydrogen-bond donors (Lipinski definition) is 1. The van der Waals surface area contributed by atoms with E-state index in [0.29, 0.717) is 10.4 Å². The Balaban J connectivity index is 2.19. The van der Waals surface area contributed by atoms with Gasteiger partial charge in [0.2, 0.25) is 0 Å². The number of aromatic nitrogens is 2. The summed E-state index contributed by atoms with van der Waals surface area (Å²) in [6.45, 7) is 5.19. The molecule has 1 atom stereocenters. The van der Waals surface area contributed by atoms with Gasteiger partial charge < -0.3 is 5.32 Å². The quantitative estimate of drug-likeness (QED) is 0.925. The molecule has 6 heteroatoms. The van der Waals surface area contributed by atoms with Crippen LogP contribution in [-0.2, 0) is 0 Å².